The van der Waals surface area contributed by atoms with Crippen molar-refractivity contribution in [3.8, 4) is 5.75 Å². The summed E-state index contributed by atoms with van der Waals surface area (Å²) in [6.45, 7) is 0.998. The third-order valence-electron chi connectivity index (χ3n) is 6.31. The molecule has 2 heterocycles. The Balaban J connectivity index is 1.66. The Morgan fingerprint density at radius 1 is 1.00 bits per heavy atom. The molecule has 1 N–H and O–H groups in total. The number of phenolic OH excluding ortho intramolecular Hbond substituents is 1. The summed E-state index contributed by atoms with van der Waals surface area (Å²) in [5, 5.41) is 13.9. The van der Waals surface area contributed by atoms with E-state index in [-0.39, 0.29) is 25.6 Å². The van der Waals surface area contributed by atoms with E-state index in [0.29, 0.717) is 30.8 Å². The second-order valence-electron chi connectivity index (χ2n) is 9.19. The van der Waals surface area contributed by atoms with Crippen molar-refractivity contribution in [2.24, 2.45) is 7.05 Å². The molecular formula is C25H23F7N4O2. The number of piperazine rings is 1. The van der Waals surface area contributed by atoms with E-state index in [1.54, 1.807) is 24.1 Å². The van der Waals surface area contributed by atoms with E-state index in [9.17, 15) is 40.6 Å². The molecule has 13 heteroatoms. The van der Waals surface area contributed by atoms with E-state index >= 15 is 0 Å². The summed E-state index contributed by atoms with van der Waals surface area (Å²) >= 11 is 0. The maximum absolute atomic E-state index is 13.6. The zero-order valence-electron chi connectivity index (χ0n) is 20.0. The van der Waals surface area contributed by atoms with Gasteiger partial charge < -0.3 is 10.0 Å². The largest absolute Gasteiger partial charge is 0.505 e. The van der Waals surface area contributed by atoms with E-state index in [1.165, 1.54) is 17.0 Å². The fraction of sp³-hybridized carbons (Fsp3) is 0.360. The van der Waals surface area contributed by atoms with Gasteiger partial charge in [-0.15, -0.1) is 0 Å². The zero-order chi connectivity index (χ0) is 27.8. The van der Waals surface area contributed by atoms with Crippen LogP contribution in [0.3, 0.4) is 0 Å². The summed E-state index contributed by atoms with van der Waals surface area (Å²) in [5.74, 6) is -2.46. The lowest BCUT2D eigenvalue weighted by atomic mass is 9.98. The van der Waals surface area contributed by atoms with Gasteiger partial charge in [-0.2, -0.15) is 31.4 Å². The maximum Gasteiger partial charge on any atom is 0.416 e. The lowest BCUT2D eigenvalue weighted by molar-refractivity contribution is -0.143. The number of aryl methyl sites for hydroxylation is 1. The zero-order valence-corrected chi connectivity index (χ0v) is 20.0. The molecule has 3 aromatic rings. The summed E-state index contributed by atoms with van der Waals surface area (Å²) in [6, 6.07) is 3.72. The van der Waals surface area contributed by atoms with Crippen LogP contribution < -0.4 is 0 Å². The number of aromatic hydroxyl groups is 1. The van der Waals surface area contributed by atoms with Crippen molar-refractivity contribution < 1.29 is 40.6 Å². The highest BCUT2D eigenvalue weighted by Crippen LogP contribution is 2.37. The van der Waals surface area contributed by atoms with Gasteiger partial charge in [0.05, 0.1) is 17.3 Å². The molecule has 1 saturated heterocycles. The predicted octanol–water partition coefficient (Wildman–Crippen LogP) is 4.87. The second-order valence-corrected chi connectivity index (χ2v) is 9.19. The molecule has 0 radical (unpaired) electrons. The molecule has 0 spiro atoms. The average Bonchev–Trinajstić information content (AvgIpc) is 3.24. The van der Waals surface area contributed by atoms with Gasteiger partial charge in [0.25, 0.3) is 5.91 Å². The van der Waals surface area contributed by atoms with Crippen LogP contribution in [-0.2, 0) is 32.4 Å². The minimum Gasteiger partial charge on any atom is -0.505 e. The number of halogens is 7. The summed E-state index contributed by atoms with van der Waals surface area (Å²) in [5.41, 5.74) is -2.58. The minimum atomic E-state index is -5.09. The SMILES string of the molecule is Cn1cc(CN2CCN(C(=O)c3cc(C(F)(F)F)cc(C(F)(F)F)c3)[C@H](Cc3ccc(F)c(O)c3)C2)cn1. The molecule has 1 aromatic heterocycles. The Kier molecular flexibility index (Phi) is 7.42. The van der Waals surface area contributed by atoms with Gasteiger partial charge in [-0.3, -0.25) is 14.4 Å². The van der Waals surface area contributed by atoms with Gasteiger partial charge in [0.1, 0.15) is 0 Å². The lowest BCUT2D eigenvalue weighted by Gasteiger charge is -2.41. The van der Waals surface area contributed by atoms with Gasteiger partial charge in [-0.1, -0.05) is 6.07 Å². The van der Waals surface area contributed by atoms with Gasteiger partial charge >= 0.3 is 12.4 Å². The molecule has 1 aliphatic heterocycles. The quantitative estimate of drug-likeness (QED) is 0.466. The molecule has 1 fully saturated rings. The van der Waals surface area contributed by atoms with Gasteiger partial charge in [0.15, 0.2) is 11.6 Å². The summed E-state index contributed by atoms with van der Waals surface area (Å²) < 4.78 is 95.4. The van der Waals surface area contributed by atoms with Crippen LogP contribution in [0, 0.1) is 5.82 Å². The molecular weight excluding hydrogens is 521 g/mol. The number of hydrogen-bond donors (Lipinski definition) is 1. The van der Waals surface area contributed by atoms with Crippen molar-refractivity contribution >= 4 is 5.91 Å². The summed E-state index contributed by atoms with van der Waals surface area (Å²) in [6.07, 6.45) is -6.65. The van der Waals surface area contributed by atoms with Crippen LogP contribution in [0.4, 0.5) is 30.7 Å². The Hall–Kier alpha value is -3.61. The topological polar surface area (TPSA) is 61.6 Å². The first-order valence-electron chi connectivity index (χ1n) is 11.5. The van der Waals surface area contributed by atoms with Crippen molar-refractivity contribution in [3.05, 3.63) is 82.4 Å². The number of carbonyl (C=O) groups is 1. The summed E-state index contributed by atoms with van der Waals surface area (Å²) in [4.78, 5) is 16.6. The first-order chi connectivity index (χ1) is 17.7. The molecule has 204 valence electrons. The molecule has 0 unspecified atom stereocenters. The Morgan fingerprint density at radius 3 is 2.21 bits per heavy atom. The standard InChI is InChI=1S/C25H23F7N4O2/c1-34-12-16(11-33-34)13-35-4-5-36(20(14-35)6-15-2-3-21(26)22(37)7-15)23(38)17-8-18(24(27,28)29)10-19(9-17)25(30,31)32/h2-3,7-12,20,37H,4-6,13-14H2,1H3/t20-/m1/s1. The molecule has 0 aliphatic carbocycles. The van der Waals surface area contributed by atoms with Crippen molar-refractivity contribution in [2.45, 2.75) is 31.4 Å². The smallest absolute Gasteiger partial charge is 0.416 e. The number of hydrogen-bond acceptors (Lipinski definition) is 4. The predicted molar refractivity (Wildman–Crippen MR) is 122 cm³/mol. The molecule has 2 aromatic carbocycles. The number of carbonyl (C=O) groups excluding carboxylic acids is 1. The van der Waals surface area contributed by atoms with E-state index in [0.717, 1.165) is 11.6 Å². The number of rotatable bonds is 5. The van der Waals surface area contributed by atoms with Crippen molar-refractivity contribution in [1.82, 2.24) is 19.6 Å². The average molecular weight is 544 g/mol. The van der Waals surface area contributed by atoms with Crippen molar-refractivity contribution in [1.29, 1.82) is 0 Å². The molecule has 38 heavy (non-hydrogen) atoms. The van der Waals surface area contributed by atoms with Crippen LogP contribution in [0.1, 0.15) is 32.6 Å². The molecule has 6 nitrogen and oxygen atoms in total. The first kappa shape index (κ1) is 27.4. The summed E-state index contributed by atoms with van der Waals surface area (Å²) in [7, 11) is 1.74. The van der Waals surface area contributed by atoms with Gasteiger partial charge in [-0.05, 0) is 42.3 Å². The van der Waals surface area contributed by atoms with Crippen LogP contribution in [0.15, 0.2) is 48.8 Å². The molecule has 0 bridgehead atoms. The number of nitrogens with zero attached hydrogens (tertiary/aromatic N) is 4. The normalized spacial score (nSPS) is 17.2. The Labute approximate surface area is 212 Å². The molecule has 0 saturated carbocycles. The Morgan fingerprint density at radius 2 is 1.66 bits per heavy atom. The van der Waals surface area contributed by atoms with E-state index in [4.69, 9.17) is 0 Å². The van der Waals surface area contributed by atoms with Crippen molar-refractivity contribution in [2.75, 3.05) is 19.6 Å². The van der Waals surface area contributed by atoms with Crippen LogP contribution >= 0.6 is 0 Å². The number of benzene rings is 2. The highest BCUT2D eigenvalue weighted by molar-refractivity contribution is 5.95. The van der Waals surface area contributed by atoms with Gasteiger partial charge in [-0.25, -0.2) is 4.39 Å². The third kappa shape index (κ3) is 6.26. The molecule has 1 amide bonds. The van der Waals surface area contributed by atoms with E-state index in [2.05, 4.69) is 5.10 Å². The van der Waals surface area contributed by atoms with E-state index < -0.39 is 52.6 Å². The number of aromatic nitrogens is 2. The fourth-order valence-electron chi connectivity index (χ4n) is 4.52. The number of phenols is 1. The maximum atomic E-state index is 13.6. The minimum absolute atomic E-state index is 0.0224. The Bertz CT molecular complexity index is 1290. The monoisotopic (exact) mass is 544 g/mol. The van der Waals surface area contributed by atoms with Crippen LogP contribution in [0.5, 0.6) is 5.75 Å². The first-order valence-corrected chi connectivity index (χ1v) is 11.5. The van der Waals surface area contributed by atoms with Crippen LogP contribution in [-0.4, -0.2) is 56.3 Å². The lowest BCUT2D eigenvalue weighted by Crippen LogP contribution is -2.55. The fourth-order valence-corrected chi connectivity index (χ4v) is 4.52. The third-order valence-corrected chi connectivity index (χ3v) is 6.31. The second kappa shape index (κ2) is 10.3. The molecule has 1 aliphatic rings. The van der Waals surface area contributed by atoms with Gasteiger partial charge in [0.2, 0.25) is 0 Å². The number of alkyl halides is 6. The van der Waals surface area contributed by atoms with Gasteiger partial charge in [0, 0.05) is 56.6 Å². The highest BCUT2D eigenvalue weighted by atomic mass is 19.4. The molecule has 4 rings (SSSR count). The van der Waals surface area contributed by atoms with Crippen LogP contribution in [0.2, 0.25) is 0 Å². The van der Waals surface area contributed by atoms with E-state index in [1.807, 2.05) is 4.90 Å². The molecule has 1 atom stereocenters. The number of amides is 1. The highest BCUT2D eigenvalue weighted by Gasteiger charge is 2.39. The van der Waals surface area contributed by atoms with Crippen LogP contribution in [0.25, 0.3) is 0 Å². The van der Waals surface area contributed by atoms with Crippen molar-refractivity contribution in [3.63, 3.8) is 0 Å².